The highest BCUT2D eigenvalue weighted by Crippen LogP contribution is 2.25. The normalized spacial score (nSPS) is 28.8. The molecule has 1 atom stereocenters. The molecule has 0 N–H and O–H groups in total. The standard InChI is InChI=1S/C18H34N2O2/c1-16(15-19-11-13-21-14-12-19)20-9-7-18(8-10-20)22-17-5-3-2-4-6-17/h16-18H,2-15H2,1H3/t16-/m1/s1. The zero-order valence-electron chi connectivity index (χ0n) is 14.3. The summed E-state index contributed by atoms with van der Waals surface area (Å²) in [5.74, 6) is 0. The molecular weight excluding hydrogens is 276 g/mol. The molecule has 2 heterocycles. The van der Waals surface area contributed by atoms with Gasteiger partial charge in [0.15, 0.2) is 0 Å². The first-order valence-corrected chi connectivity index (χ1v) is 9.51. The van der Waals surface area contributed by atoms with E-state index in [1.54, 1.807) is 0 Å². The molecule has 3 fully saturated rings. The zero-order chi connectivity index (χ0) is 15.2. The third-order valence-corrected chi connectivity index (χ3v) is 5.66. The molecule has 0 aromatic rings. The van der Waals surface area contributed by atoms with Crippen LogP contribution in [0.4, 0.5) is 0 Å². The summed E-state index contributed by atoms with van der Waals surface area (Å²) >= 11 is 0. The highest BCUT2D eigenvalue weighted by atomic mass is 16.5. The third kappa shape index (κ3) is 4.92. The van der Waals surface area contributed by atoms with E-state index in [1.165, 1.54) is 64.6 Å². The fourth-order valence-corrected chi connectivity index (χ4v) is 4.20. The lowest BCUT2D eigenvalue weighted by atomic mass is 9.97. The minimum Gasteiger partial charge on any atom is -0.379 e. The number of piperidine rings is 1. The maximum atomic E-state index is 6.36. The van der Waals surface area contributed by atoms with E-state index in [9.17, 15) is 0 Å². The topological polar surface area (TPSA) is 24.9 Å². The Hall–Kier alpha value is -0.160. The lowest BCUT2D eigenvalue weighted by molar-refractivity contribution is -0.0618. The predicted octanol–water partition coefficient (Wildman–Crippen LogP) is 2.52. The van der Waals surface area contributed by atoms with Gasteiger partial charge >= 0.3 is 0 Å². The van der Waals surface area contributed by atoms with Gasteiger partial charge in [0, 0.05) is 38.8 Å². The summed E-state index contributed by atoms with van der Waals surface area (Å²) in [5, 5.41) is 0. The average molecular weight is 310 g/mol. The second-order valence-corrected chi connectivity index (χ2v) is 7.39. The summed E-state index contributed by atoms with van der Waals surface area (Å²) in [7, 11) is 0. The Morgan fingerprint density at radius 2 is 1.55 bits per heavy atom. The number of likely N-dealkylation sites (tertiary alicyclic amines) is 1. The Morgan fingerprint density at radius 1 is 0.909 bits per heavy atom. The molecule has 0 aromatic carbocycles. The molecule has 0 amide bonds. The van der Waals surface area contributed by atoms with Crippen molar-refractivity contribution in [1.82, 2.24) is 9.80 Å². The number of ether oxygens (including phenoxy) is 2. The Balaban J connectivity index is 1.35. The monoisotopic (exact) mass is 310 g/mol. The SMILES string of the molecule is C[C@H](CN1CCOCC1)N1CCC(OC2CCCCC2)CC1. The van der Waals surface area contributed by atoms with Crippen LogP contribution in [0, 0.1) is 0 Å². The van der Waals surface area contributed by atoms with Crippen LogP contribution < -0.4 is 0 Å². The molecule has 22 heavy (non-hydrogen) atoms. The van der Waals surface area contributed by atoms with Crippen LogP contribution in [-0.4, -0.2) is 74.0 Å². The summed E-state index contributed by atoms with van der Waals surface area (Å²) in [5.41, 5.74) is 0. The molecule has 0 aromatic heterocycles. The van der Waals surface area contributed by atoms with E-state index in [4.69, 9.17) is 9.47 Å². The van der Waals surface area contributed by atoms with Crippen LogP contribution in [0.1, 0.15) is 51.9 Å². The number of hydrogen-bond acceptors (Lipinski definition) is 4. The van der Waals surface area contributed by atoms with Gasteiger partial charge in [0.1, 0.15) is 0 Å². The summed E-state index contributed by atoms with van der Waals surface area (Å²) in [4.78, 5) is 5.22. The number of morpholine rings is 1. The van der Waals surface area contributed by atoms with Crippen LogP contribution in [0.3, 0.4) is 0 Å². The van der Waals surface area contributed by atoms with E-state index in [1.807, 2.05) is 0 Å². The molecule has 128 valence electrons. The van der Waals surface area contributed by atoms with Crippen LogP contribution >= 0.6 is 0 Å². The Kier molecular flexibility index (Phi) is 6.54. The molecule has 0 unspecified atom stereocenters. The molecule has 3 rings (SSSR count). The maximum absolute atomic E-state index is 6.36. The van der Waals surface area contributed by atoms with Crippen molar-refractivity contribution < 1.29 is 9.47 Å². The van der Waals surface area contributed by atoms with Crippen molar-refractivity contribution in [3.05, 3.63) is 0 Å². The van der Waals surface area contributed by atoms with Crippen LogP contribution in [-0.2, 0) is 9.47 Å². The minimum atomic E-state index is 0.523. The molecule has 4 nitrogen and oxygen atoms in total. The van der Waals surface area contributed by atoms with Gasteiger partial charge in [-0.1, -0.05) is 19.3 Å². The van der Waals surface area contributed by atoms with Gasteiger partial charge in [-0.25, -0.2) is 0 Å². The van der Waals surface area contributed by atoms with E-state index in [-0.39, 0.29) is 0 Å². The van der Waals surface area contributed by atoms with Crippen molar-refractivity contribution in [3.63, 3.8) is 0 Å². The van der Waals surface area contributed by atoms with Crippen LogP contribution in [0.5, 0.6) is 0 Å². The first-order chi connectivity index (χ1) is 10.8. The van der Waals surface area contributed by atoms with E-state index in [2.05, 4.69) is 16.7 Å². The Bertz CT molecular complexity index is 306. The second kappa shape index (κ2) is 8.62. The molecule has 2 saturated heterocycles. The Labute approximate surface area is 136 Å². The average Bonchev–Trinajstić information content (AvgIpc) is 2.57. The lowest BCUT2D eigenvalue weighted by Gasteiger charge is -2.39. The molecule has 0 bridgehead atoms. The largest absolute Gasteiger partial charge is 0.379 e. The maximum Gasteiger partial charge on any atom is 0.0603 e. The molecule has 0 radical (unpaired) electrons. The van der Waals surface area contributed by atoms with Gasteiger partial charge in [-0.3, -0.25) is 9.80 Å². The van der Waals surface area contributed by atoms with Crippen LogP contribution in [0.2, 0.25) is 0 Å². The van der Waals surface area contributed by atoms with E-state index < -0.39 is 0 Å². The summed E-state index contributed by atoms with van der Waals surface area (Å²) < 4.78 is 11.8. The minimum absolute atomic E-state index is 0.523. The zero-order valence-corrected chi connectivity index (χ0v) is 14.3. The van der Waals surface area contributed by atoms with Crippen molar-refractivity contribution in [1.29, 1.82) is 0 Å². The van der Waals surface area contributed by atoms with Crippen LogP contribution in [0.15, 0.2) is 0 Å². The highest BCUT2D eigenvalue weighted by Gasteiger charge is 2.27. The number of rotatable bonds is 5. The van der Waals surface area contributed by atoms with Gasteiger partial charge in [0.05, 0.1) is 25.4 Å². The van der Waals surface area contributed by atoms with Gasteiger partial charge in [0.2, 0.25) is 0 Å². The van der Waals surface area contributed by atoms with Crippen molar-refractivity contribution in [2.45, 2.75) is 70.1 Å². The van der Waals surface area contributed by atoms with Crippen molar-refractivity contribution >= 4 is 0 Å². The second-order valence-electron chi connectivity index (χ2n) is 7.39. The molecule has 4 heteroatoms. The highest BCUT2D eigenvalue weighted by molar-refractivity contribution is 4.80. The van der Waals surface area contributed by atoms with Gasteiger partial charge in [-0.05, 0) is 32.6 Å². The first-order valence-electron chi connectivity index (χ1n) is 9.51. The Morgan fingerprint density at radius 3 is 2.23 bits per heavy atom. The quantitative estimate of drug-likeness (QED) is 0.779. The molecule has 1 aliphatic carbocycles. The molecule has 0 spiro atoms. The molecule has 3 aliphatic rings. The van der Waals surface area contributed by atoms with Crippen molar-refractivity contribution in [2.75, 3.05) is 45.9 Å². The number of nitrogens with zero attached hydrogens (tertiary/aromatic N) is 2. The van der Waals surface area contributed by atoms with Crippen molar-refractivity contribution in [3.8, 4) is 0 Å². The smallest absolute Gasteiger partial charge is 0.0603 e. The van der Waals surface area contributed by atoms with E-state index in [0.29, 0.717) is 18.2 Å². The van der Waals surface area contributed by atoms with Crippen LogP contribution in [0.25, 0.3) is 0 Å². The predicted molar refractivity (Wildman–Crippen MR) is 89.3 cm³/mol. The van der Waals surface area contributed by atoms with E-state index >= 15 is 0 Å². The molecule has 2 aliphatic heterocycles. The molecular formula is C18H34N2O2. The van der Waals surface area contributed by atoms with E-state index in [0.717, 1.165) is 26.3 Å². The molecule has 1 saturated carbocycles. The lowest BCUT2D eigenvalue weighted by Crippen LogP contribution is -2.49. The summed E-state index contributed by atoms with van der Waals surface area (Å²) in [6.45, 7) is 10.0. The fraction of sp³-hybridized carbons (Fsp3) is 1.00. The summed E-state index contributed by atoms with van der Waals surface area (Å²) in [6.07, 6.45) is 10.3. The van der Waals surface area contributed by atoms with Gasteiger partial charge in [-0.15, -0.1) is 0 Å². The third-order valence-electron chi connectivity index (χ3n) is 5.66. The number of hydrogen-bond donors (Lipinski definition) is 0. The fourth-order valence-electron chi connectivity index (χ4n) is 4.20. The van der Waals surface area contributed by atoms with Gasteiger partial charge < -0.3 is 9.47 Å². The summed E-state index contributed by atoms with van der Waals surface area (Å²) in [6, 6.07) is 0.661. The first kappa shape index (κ1) is 16.7. The van der Waals surface area contributed by atoms with Crippen molar-refractivity contribution in [2.24, 2.45) is 0 Å². The van der Waals surface area contributed by atoms with Gasteiger partial charge in [0.25, 0.3) is 0 Å². The van der Waals surface area contributed by atoms with Gasteiger partial charge in [-0.2, -0.15) is 0 Å².